The van der Waals surface area contributed by atoms with E-state index in [9.17, 15) is 4.79 Å². The highest BCUT2D eigenvalue weighted by molar-refractivity contribution is 5.95. The van der Waals surface area contributed by atoms with Gasteiger partial charge in [-0.2, -0.15) is 0 Å². The number of benzene rings is 1. The lowest BCUT2D eigenvalue weighted by molar-refractivity contribution is -0.117. The third-order valence-corrected chi connectivity index (χ3v) is 3.20. The Labute approximate surface area is 95.4 Å². The number of nitrogens with one attached hydrogen (secondary N) is 1. The van der Waals surface area contributed by atoms with Crippen molar-refractivity contribution >= 4 is 17.3 Å². The van der Waals surface area contributed by atoms with E-state index in [1.165, 1.54) is 12.8 Å². The largest absolute Gasteiger partial charge is 0.382 e. The zero-order chi connectivity index (χ0) is 11.0. The summed E-state index contributed by atoms with van der Waals surface area (Å²) in [5.41, 5.74) is 2.20. The number of carbonyl (C=O) groups excluding carboxylic acids is 1. The van der Waals surface area contributed by atoms with Crippen molar-refractivity contribution in [1.29, 1.82) is 0 Å². The topological polar surface area (TPSA) is 32.3 Å². The molecule has 1 aliphatic heterocycles. The van der Waals surface area contributed by atoms with Gasteiger partial charge in [-0.15, -0.1) is 0 Å². The standard InChI is InChI=1S/C13H16N2O/c16-13-2-1-9-15(13)12-7-5-11(6-8-12)14-10-3-4-10/h5-8,10,14H,1-4,9H2. The van der Waals surface area contributed by atoms with Crippen molar-refractivity contribution in [2.75, 3.05) is 16.8 Å². The van der Waals surface area contributed by atoms with E-state index in [0.29, 0.717) is 12.5 Å². The van der Waals surface area contributed by atoms with Gasteiger partial charge in [0, 0.05) is 30.4 Å². The van der Waals surface area contributed by atoms with E-state index in [0.717, 1.165) is 24.3 Å². The molecule has 0 bridgehead atoms. The van der Waals surface area contributed by atoms with Crippen molar-refractivity contribution in [2.24, 2.45) is 0 Å². The molecule has 0 atom stereocenters. The van der Waals surface area contributed by atoms with Gasteiger partial charge < -0.3 is 10.2 Å². The summed E-state index contributed by atoms with van der Waals surface area (Å²) in [6, 6.07) is 8.89. The molecular formula is C13H16N2O. The van der Waals surface area contributed by atoms with Crippen LogP contribution in [-0.4, -0.2) is 18.5 Å². The Morgan fingerprint density at radius 3 is 2.50 bits per heavy atom. The number of rotatable bonds is 3. The fraction of sp³-hybridized carbons (Fsp3) is 0.462. The summed E-state index contributed by atoms with van der Waals surface area (Å²) in [6.07, 6.45) is 4.25. The molecule has 0 radical (unpaired) electrons. The van der Waals surface area contributed by atoms with Crippen LogP contribution in [0, 0.1) is 0 Å². The van der Waals surface area contributed by atoms with Gasteiger partial charge in [-0.25, -0.2) is 0 Å². The fourth-order valence-electron chi connectivity index (χ4n) is 2.12. The van der Waals surface area contributed by atoms with Crippen LogP contribution in [0.25, 0.3) is 0 Å². The maximum Gasteiger partial charge on any atom is 0.227 e. The van der Waals surface area contributed by atoms with Crippen LogP contribution in [0.15, 0.2) is 24.3 Å². The number of anilines is 2. The minimum absolute atomic E-state index is 0.253. The molecule has 3 nitrogen and oxygen atoms in total. The summed E-state index contributed by atoms with van der Waals surface area (Å²) in [5.74, 6) is 0.253. The number of nitrogens with zero attached hydrogens (tertiary/aromatic N) is 1. The molecule has 1 N–H and O–H groups in total. The lowest BCUT2D eigenvalue weighted by Gasteiger charge is -2.16. The Hall–Kier alpha value is -1.51. The third-order valence-electron chi connectivity index (χ3n) is 3.20. The van der Waals surface area contributed by atoms with Crippen LogP contribution in [0.4, 0.5) is 11.4 Å². The Balaban J connectivity index is 1.73. The van der Waals surface area contributed by atoms with E-state index in [1.807, 2.05) is 17.0 Å². The first-order valence-electron chi connectivity index (χ1n) is 6.00. The van der Waals surface area contributed by atoms with Crippen LogP contribution in [0.3, 0.4) is 0 Å². The Morgan fingerprint density at radius 1 is 1.19 bits per heavy atom. The molecule has 1 aromatic rings. The Morgan fingerprint density at radius 2 is 1.94 bits per heavy atom. The molecule has 1 heterocycles. The van der Waals surface area contributed by atoms with Crippen LogP contribution >= 0.6 is 0 Å². The minimum atomic E-state index is 0.253. The molecule has 0 unspecified atom stereocenters. The highest BCUT2D eigenvalue weighted by atomic mass is 16.2. The van der Waals surface area contributed by atoms with Gasteiger partial charge in [-0.05, 0) is 43.5 Å². The van der Waals surface area contributed by atoms with Crippen LogP contribution in [0.2, 0.25) is 0 Å². The summed E-state index contributed by atoms with van der Waals surface area (Å²) in [5, 5.41) is 3.44. The lowest BCUT2D eigenvalue weighted by Crippen LogP contribution is -2.23. The maximum atomic E-state index is 11.6. The van der Waals surface area contributed by atoms with Crippen molar-refractivity contribution in [3.63, 3.8) is 0 Å². The average Bonchev–Trinajstić information content (AvgIpc) is 3.00. The highest BCUT2D eigenvalue weighted by Crippen LogP contribution is 2.27. The second kappa shape index (κ2) is 3.81. The van der Waals surface area contributed by atoms with Crippen molar-refractivity contribution < 1.29 is 4.79 Å². The maximum absolute atomic E-state index is 11.6. The predicted molar refractivity (Wildman–Crippen MR) is 64.7 cm³/mol. The van der Waals surface area contributed by atoms with E-state index >= 15 is 0 Å². The quantitative estimate of drug-likeness (QED) is 0.841. The van der Waals surface area contributed by atoms with E-state index in [-0.39, 0.29) is 5.91 Å². The Bertz CT molecular complexity index is 395. The second-order valence-corrected chi connectivity index (χ2v) is 4.61. The van der Waals surface area contributed by atoms with Crippen molar-refractivity contribution in [3.05, 3.63) is 24.3 Å². The molecule has 0 aromatic heterocycles. The molecule has 3 heteroatoms. The zero-order valence-corrected chi connectivity index (χ0v) is 9.28. The molecule has 2 aliphatic rings. The van der Waals surface area contributed by atoms with Gasteiger partial charge >= 0.3 is 0 Å². The minimum Gasteiger partial charge on any atom is -0.382 e. The molecule has 1 aliphatic carbocycles. The molecule has 84 valence electrons. The van der Waals surface area contributed by atoms with E-state index < -0.39 is 0 Å². The van der Waals surface area contributed by atoms with Gasteiger partial charge in [0.15, 0.2) is 0 Å². The lowest BCUT2D eigenvalue weighted by atomic mass is 10.2. The molecule has 1 aromatic carbocycles. The first-order valence-corrected chi connectivity index (χ1v) is 6.00. The summed E-state index contributed by atoms with van der Waals surface area (Å²) in [7, 11) is 0. The Kier molecular flexibility index (Phi) is 2.31. The summed E-state index contributed by atoms with van der Waals surface area (Å²) in [6.45, 7) is 0.869. The first kappa shape index (κ1) is 9.70. The van der Waals surface area contributed by atoms with Crippen LogP contribution in [-0.2, 0) is 4.79 Å². The zero-order valence-electron chi connectivity index (χ0n) is 9.28. The molecular weight excluding hydrogens is 200 g/mol. The summed E-state index contributed by atoms with van der Waals surface area (Å²) in [4.78, 5) is 13.4. The molecule has 3 rings (SSSR count). The molecule has 1 saturated heterocycles. The van der Waals surface area contributed by atoms with E-state index in [2.05, 4.69) is 17.4 Å². The average molecular weight is 216 g/mol. The van der Waals surface area contributed by atoms with Crippen LogP contribution in [0.1, 0.15) is 25.7 Å². The van der Waals surface area contributed by atoms with Gasteiger partial charge in [-0.1, -0.05) is 0 Å². The summed E-state index contributed by atoms with van der Waals surface area (Å²) < 4.78 is 0. The smallest absolute Gasteiger partial charge is 0.227 e. The third kappa shape index (κ3) is 1.90. The highest BCUT2D eigenvalue weighted by Gasteiger charge is 2.22. The molecule has 1 amide bonds. The monoisotopic (exact) mass is 216 g/mol. The number of hydrogen-bond acceptors (Lipinski definition) is 2. The van der Waals surface area contributed by atoms with Crippen molar-refractivity contribution in [2.45, 2.75) is 31.7 Å². The van der Waals surface area contributed by atoms with Gasteiger partial charge in [0.1, 0.15) is 0 Å². The summed E-state index contributed by atoms with van der Waals surface area (Å²) >= 11 is 0. The number of amides is 1. The van der Waals surface area contributed by atoms with E-state index in [1.54, 1.807) is 0 Å². The van der Waals surface area contributed by atoms with Gasteiger partial charge in [-0.3, -0.25) is 4.79 Å². The molecule has 16 heavy (non-hydrogen) atoms. The van der Waals surface area contributed by atoms with Crippen molar-refractivity contribution in [3.8, 4) is 0 Å². The SMILES string of the molecule is O=C1CCCN1c1ccc(NC2CC2)cc1. The first-order chi connectivity index (χ1) is 7.83. The van der Waals surface area contributed by atoms with Gasteiger partial charge in [0.2, 0.25) is 5.91 Å². The van der Waals surface area contributed by atoms with Gasteiger partial charge in [0.25, 0.3) is 0 Å². The van der Waals surface area contributed by atoms with Gasteiger partial charge in [0.05, 0.1) is 0 Å². The molecule has 2 fully saturated rings. The molecule has 1 saturated carbocycles. The van der Waals surface area contributed by atoms with Crippen LogP contribution < -0.4 is 10.2 Å². The van der Waals surface area contributed by atoms with E-state index in [4.69, 9.17) is 0 Å². The molecule has 0 spiro atoms. The normalized spacial score (nSPS) is 20.2. The fourth-order valence-corrected chi connectivity index (χ4v) is 2.12. The van der Waals surface area contributed by atoms with Crippen LogP contribution in [0.5, 0.6) is 0 Å². The number of carbonyl (C=O) groups is 1. The number of hydrogen-bond donors (Lipinski definition) is 1. The van der Waals surface area contributed by atoms with Crippen molar-refractivity contribution in [1.82, 2.24) is 0 Å². The predicted octanol–water partition coefficient (Wildman–Crippen LogP) is 2.39. The second-order valence-electron chi connectivity index (χ2n) is 4.61.